The lowest BCUT2D eigenvalue weighted by atomic mass is 10.1. The summed E-state index contributed by atoms with van der Waals surface area (Å²) in [6, 6.07) is 3.36. The van der Waals surface area contributed by atoms with Crippen LogP contribution in [0.5, 0.6) is 0 Å². The average molecular weight is 408 g/mol. The lowest BCUT2D eigenvalue weighted by molar-refractivity contribution is -0.141. The molecule has 3 rings (SSSR count). The van der Waals surface area contributed by atoms with Crippen molar-refractivity contribution < 1.29 is 35.1 Å². The zero-order valence-corrected chi connectivity index (χ0v) is 13.4. The number of nitrogens with one attached hydrogen (secondary N) is 2. The van der Waals surface area contributed by atoms with Gasteiger partial charge in [-0.05, 0) is 24.3 Å². The molecule has 0 atom stereocenters. The highest BCUT2D eigenvalue weighted by atomic mass is 19.4. The number of pyridine rings is 1. The van der Waals surface area contributed by atoms with Crippen LogP contribution in [0.25, 0.3) is 10.9 Å². The molecule has 148 valence electrons. The van der Waals surface area contributed by atoms with E-state index in [1.54, 1.807) is 4.98 Å². The number of anilines is 2. The van der Waals surface area contributed by atoms with Gasteiger partial charge in [0, 0.05) is 17.8 Å². The first kappa shape index (κ1) is 19.6. The van der Waals surface area contributed by atoms with Gasteiger partial charge in [-0.15, -0.1) is 0 Å². The Morgan fingerprint density at radius 2 is 1.50 bits per heavy atom. The van der Waals surface area contributed by atoms with Crippen LogP contribution in [-0.2, 0) is 12.4 Å². The van der Waals surface area contributed by atoms with E-state index in [4.69, 9.17) is 0 Å². The fourth-order valence-corrected chi connectivity index (χ4v) is 2.53. The number of hydrogen-bond acceptors (Lipinski definition) is 2. The van der Waals surface area contributed by atoms with Gasteiger partial charge in [-0.2, -0.15) is 26.3 Å². The van der Waals surface area contributed by atoms with E-state index in [1.807, 2.05) is 0 Å². The number of aromatic nitrogens is 1. The summed E-state index contributed by atoms with van der Waals surface area (Å²) in [5.74, 6) is -2.53. The second-order valence-corrected chi connectivity index (χ2v) is 5.74. The smallest absolute Gasteiger partial charge is 0.355 e. The first-order chi connectivity index (χ1) is 12.9. The zero-order chi connectivity index (χ0) is 20.9. The molecular weight excluding hydrogens is 400 g/mol. The van der Waals surface area contributed by atoms with Crippen molar-refractivity contribution in [1.82, 2.24) is 4.98 Å². The van der Waals surface area contributed by atoms with Crippen LogP contribution in [0.3, 0.4) is 0 Å². The van der Waals surface area contributed by atoms with E-state index in [0.717, 1.165) is 6.07 Å². The van der Waals surface area contributed by atoms with Crippen LogP contribution in [0, 0.1) is 11.6 Å². The standard InChI is InChI=1S/C17H8F8N2O/c18-9-2-1-8(5-10(9)19)26-11-3-7(16(20,21)22)4-12-15(11)13(28)6-14(27-12)17(23,24)25/h1-6,26H,(H,27,28). The predicted octanol–water partition coefficient (Wildman–Crippen LogP) is 5.59. The number of fused-ring (bicyclic) bond motifs is 1. The first-order valence-corrected chi connectivity index (χ1v) is 7.44. The highest BCUT2D eigenvalue weighted by Gasteiger charge is 2.35. The minimum absolute atomic E-state index is 0.200. The van der Waals surface area contributed by atoms with Gasteiger partial charge < -0.3 is 10.3 Å². The lowest BCUT2D eigenvalue weighted by Gasteiger charge is -2.15. The Morgan fingerprint density at radius 3 is 2.07 bits per heavy atom. The van der Waals surface area contributed by atoms with Crippen LogP contribution in [0.1, 0.15) is 11.3 Å². The second kappa shape index (κ2) is 6.50. The molecule has 0 amide bonds. The maximum atomic E-state index is 13.3. The van der Waals surface area contributed by atoms with E-state index in [1.165, 1.54) is 0 Å². The Bertz CT molecular complexity index is 1110. The predicted molar refractivity (Wildman–Crippen MR) is 84.2 cm³/mol. The van der Waals surface area contributed by atoms with E-state index in [9.17, 15) is 39.9 Å². The van der Waals surface area contributed by atoms with Gasteiger partial charge in [0.15, 0.2) is 17.1 Å². The minimum Gasteiger partial charge on any atom is -0.355 e. The van der Waals surface area contributed by atoms with Crippen LogP contribution in [0.4, 0.5) is 46.5 Å². The van der Waals surface area contributed by atoms with Crippen LogP contribution >= 0.6 is 0 Å². The zero-order valence-electron chi connectivity index (χ0n) is 13.4. The van der Waals surface area contributed by atoms with Gasteiger partial charge >= 0.3 is 12.4 Å². The van der Waals surface area contributed by atoms with Crippen molar-refractivity contribution >= 4 is 22.3 Å². The Hall–Kier alpha value is -3.11. The van der Waals surface area contributed by atoms with Gasteiger partial charge in [-0.25, -0.2) is 8.78 Å². The molecule has 0 aliphatic rings. The summed E-state index contributed by atoms with van der Waals surface area (Å²) in [4.78, 5) is 13.9. The maximum absolute atomic E-state index is 13.3. The van der Waals surface area contributed by atoms with Crippen LogP contribution in [0.15, 0.2) is 41.2 Å². The molecule has 28 heavy (non-hydrogen) atoms. The molecule has 2 aromatic carbocycles. The number of halogens is 8. The number of rotatable bonds is 2. The number of benzene rings is 2. The van der Waals surface area contributed by atoms with Crippen molar-refractivity contribution in [3.05, 3.63) is 69.5 Å². The third-order valence-electron chi connectivity index (χ3n) is 3.76. The molecule has 0 spiro atoms. The van der Waals surface area contributed by atoms with Crippen molar-refractivity contribution in [2.75, 3.05) is 5.32 Å². The summed E-state index contributed by atoms with van der Waals surface area (Å²) in [6.07, 6.45) is -9.93. The van der Waals surface area contributed by atoms with E-state index >= 15 is 0 Å². The van der Waals surface area contributed by atoms with Crippen molar-refractivity contribution in [3.63, 3.8) is 0 Å². The Kier molecular flexibility index (Phi) is 4.56. The van der Waals surface area contributed by atoms with Gasteiger partial charge in [0.05, 0.1) is 22.2 Å². The number of alkyl halides is 6. The summed E-state index contributed by atoms with van der Waals surface area (Å²) in [6.45, 7) is 0. The maximum Gasteiger partial charge on any atom is 0.431 e. The number of aromatic amines is 1. The molecular formula is C17H8F8N2O. The van der Waals surface area contributed by atoms with Crippen molar-refractivity contribution in [2.45, 2.75) is 12.4 Å². The largest absolute Gasteiger partial charge is 0.431 e. The summed E-state index contributed by atoms with van der Waals surface area (Å²) in [5.41, 5.74) is -5.53. The van der Waals surface area contributed by atoms with Gasteiger partial charge in [0.25, 0.3) is 0 Å². The second-order valence-electron chi connectivity index (χ2n) is 5.74. The molecule has 0 saturated heterocycles. The number of H-pyrrole nitrogens is 1. The lowest BCUT2D eigenvalue weighted by Crippen LogP contribution is -2.16. The Morgan fingerprint density at radius 1 is 0.821 bits per heavy atom. The van der Waals surface area contributed by atoms with Gasteiger partial charge in [-0.1, -0.05) is 0 Å². The Labute approximate surface area is 150 Å². The van der Waals surface area contributed by atoms with Crippen LogP contribution in [-0.4, -0.2) is 4.98 Å². The first-order valence-electron chi connectivity index (χ1n) is 7.44. The van der Waals surface area contributed by atoms with Crippen LogP contribution < -0.4 is 10.7 Å². The SMILES string of the molecule is O=c1cc(C(F)(F)F)[nH]c2cc(C(F)(F)F)cc(Nc3ccc(F)c(F)c3)c12. The van der Waals surface area contributed by atoms with E-state index < -0.39 is 57.3 Å². The molecule has 1 heterocycles. The Balaban J connectivity index is 2.27. The van der Waals surface area contributed by atoms with Gasteiger partial charge in [0.1, 0.15) is 5.69 Å². The highest BCUT2D eigenvalue weighted by Crippen LogP contribution is 2.36. The normalized spacial score (nSPS) is 12.4. The summed E-state index contributed by atoms with van der Waals surface area (Å²) < 4.78 is 104. The van der Waals surface area contributed by atoms with Gasteiger partial charge in [-0.3, -0.25) is 4.79 Å². The summed E-state index contributed by atoms with van der Waals surface area (Å²) in [5, 5.41) is 1.81. The molecule has 0 radical (unpaired) electrons. The molecule has 0 aliphatic carbocycles. The molecule has 3 aromatic rings. The monoisotopic (exact) mass is 408 g/mol. The number of hydrogen-bond donors (Lipinski definition) is 2. The van der Waals surface area contributed by atoms with E-state index in [2.05, 4.69) is 5.32 Å². The van der Waals surface area contributed by atoms with Gasteiger partial charge in [0.2, 0.25) is 0 Å². The van der Waals surface area contributed by atoms with Crippen molar-refractivity contribution in [1.29, 1.82) is 0 Å². The molecule has 2 N–H and O–H groups in total. The third-order valence-corrected chi connectivity index (χ3v) is 3.76. The molecule has 0 bridgehead atoms. The highest BCUT2D eigenvalue weighted by molar-refractivity contribution is 5.94. The fourth-order valence-electron chi connectivity index (χ4n) is 2.53. The molecule has 0 aliphatic heterocycles. The average Bonchev–Trinajstić information content (AvgIpc) is 2.56. The van der Waals surface area contributed by atoms with E-state index in [0.29, 0.717) is 24.3 Å². The minimum atomic E-state index is -4.99. The molecule has 0 fully saturated rings. The molecule has 11 heteroatoms. The quantitative estimate of drug-likeness (QED) is 0.544. The van der Waals surface area contributed by atoms with E-state index in [-0.39, 0.29) is 11.8 Å². The van der Waals surface area contributed by atoms with Crippen molar-refractivity contribution in [3.8, 4) is 0 Å². The molecule has 0 unspecified atom stereocenters. The summed E-state index contributed by atoms with van der Waals surface area (Å²) >= 11 is 0. The summed E-state index contributed by atoms with van der Waals surface area (Å²) in [7, 11) is 0. The third kappa shape index (κ3) is 3.78. The topological polar surface area (TPSA) is 44.9 Å². The van der Waals surface area contributed by atoms with Crippen molar-refractivity contribution in [2.24, 2.45) is 0 Å². The molecule has 0 saturated carbocycles. The fraction of sp³-hybridized carbons (Fsp3) is 0.118. The van der Waals surface area contributed by atoms with Crippen LogP contribution in [0.2, 0.25) is 0 Å². The molecule has 1 aromatic heterocycles. The molecule has 3 nitrogen and oxygen atoms in total.